The molecule has 0 aliphatic rings. The third kappa shape index (κ3) is 18.2. The second-order valence-corrected chi connectivity index (χ2v) is 6.13. The van der Waals surface area contributed by atoms with Gasteiger partial charge in [-0.3, -0.25) is 9.59 Å². The van der Waals surface area contributed by atoms with Gasteiger partial charge in [0.05, 0.1) is 33.0 Å². The number of aliphatic hydroxyl groups is 2. The number of amides is 2. The molecule has 180 valence electrons. The molecule has 0 aromatic heterocycles. The number of aliphatic hydroxyl groups excluding tert-OH is 2. The summed E-state index contributed by atoms with van der Waals surface area (Å²) in [5, 5.41) is 30.8. The van der Waals surface area contributed by atoms with Gasteiger partial charge in [0.15, 0.2) is 0 Å². The molecule has 0 heterocycles. The van der Waals surface area contributed by atoms with E-state index in [2.05, 4.69) is 10.6 Å². The Kier molecular flexibility index (Phi) is 18.2. The van der Waals surface area contributed by atoms with Gasteiger partial charge in [-0.25, -0.2) is 9.59 Å². The monoisotopic (exact) mass is 452 g/mol. The average molecular weight is 452 g/mol. The summed E-state index contributed by atoms with van der Waals surface area (Å²) >= 11 is 0. The van der Waals surface area contributed by atoms with Gasteiger partial charge in [-0.2, -0.15) is 0 Å². The van der Waals surface area contributed by atoms with E-state index in [0.717, 1.165) is 0 Å². The number of carbonyl (C=O) groups is 4. The van der Waals surface area contributed by atoms with Gasteiger partial charge in [-0.1, -0.05) is 0 Å². The summed E-state index contributed by atoms with van der Waals surface area (Å²) in [7, 11) is 0. The Balaban J connectivity index is 4.33. The molecule has 13 nitrogen and oxygen atoms in total. The zero-order chi connectivity index (χ0) is 23.3. The van der Waals surface area contributed by atoms with E-state index in [1.165, 1.54) is 0 Å². The summed E-state index contributed by atoms with van der Waals surface area (Å²) in [6, 6.07) is -0.965. The van der Waals surface area contributed by atoms with Crippen molar-refractivity contribution in [2.24, 2.45) is 0 Å². The summed E-state index contributed by atoms with van der Waals surface area (Å²) in [4.78, 5) is 46.0. The van der Waals surface area contributed by atoms with Crippen LogP contribution < -0.4 is 10.6 Å². The van der Waals surface area contributed by atoms with E-state index < -0.39 is 30.5 Å². The van der Waals surface area contributed by atoms with Crippen LogP contribution in [0.2, 0.25) is 0 Å². The Hall–Kier alpha value is -2.32. The van der Waals surface area contributed by atoms with Crippen molar-refractivity contribution in [2.75, 3.05) is 66.0 Å². The van der Waals surface area contributed by atoms with E-state index in [-0.39, 0.29) is 65.2 Å². The van der Waals surface area contributed by atoms with E-state index in [9.17, 15) is 19.2 Å². The summed E-state index contributed by atoms with van der Waals surface area (Å²) < 4.78 is 19.6. The third-order valence-electron chi connectivity index (χ3n) is 3.50. The first kappa shape index (κ1) is 28.7. The number of hydrogen-bond acceptors (Lipinski definition) is 10. The maximum atomic E-state index is 12.2. The predicted molar refractivity (Wildman–Crippen MR) is 104 cm³/mol. The van der Waals surface area contributed by atoms with Crippen molar-refractivity contribution in [3.63, 3.8) is 0 Å². The van der Waals surface area contributed by atoms with Gasteiger partial charge in [-0.05, 0) is 19.3 Å². The van der Waals surface area contributed by atoms with Crippen molar-refractivity contribution in [3.8, 4) is 0 Å². The minimum atomic E-state index is -1.15. The van der Waals surface area contributed by atoms with E-state index in [0.29, 0.717) is 19.4 Å². The first-order valence-electron chi connectivity index (χ1n) is 9.80. The molecule has 31 heavy (non-hydrogen) atoms. The maximum absolute atomic E-state index is 12.2. The molecule has 0 aromatic rings. The fraction of sp³-hybridized carbons (Fsp3) is 0.778. The summed E-state index contributed by atoms with van der Waals surface area (Å²) in [5.74, 6) is -2.76. The number of hydrogen-bond donors (Lipinski definition) is 5. The topological polar surface area (TPSA) is 190 Å². The van der Waals surface area contributed by atoms with Crippen LogP contribution in [0, 0.1) is 0 Å². The highest BCUT2D eigenvalue weighted by molar-refractivity contribution is 5.85. The molecule has 13 heteroatoms. The van der Waals surface area contributed by atoms with Gasteiger partial charge < -0.3 is 44.9 Å². The van der Waals surface area contributed by atoms with Gasteiger partial charge in [-0.15, -0.1) is 0 Å². The van der Waals surface area contributed by atoms with E-state index in [1.54, 1.807) is 0 Å². The molecule has 0 saturated carbocycles. The smallest absolute Gasteiger partial charge is 0.329 e. The lowest BCUT2D eigenvalue weighted by Crippen LogP contribution is -2.44. The number of carboxylic acid groups (broad SMARTS) is 1. The number of nitrogens with one attached hydrogen (secondary N) is 2. The zero-order valence-electron chi connectivity index (χ0n) is 17.4. The van der Waals surface area contributed by atoms with Gasteiger partial charge >= 0.3 is 11.9 Å². The van der Waals surface area contributed by atoms with Crippen LogP contribution in [0.15, 0.2) is 0 Å². The van der Waals surface area contributed by atoms with Gasteiger partial charge in [0, 0.05) is 6.54 Å². The number of unbranched alkanes of at least 4 members (excludes halogenated alkanes) is 1. The van der Waals surface area contributed by atoms with E-state index in [4.69, 9.17) is 34.3 Å². The second kappa shape index (κ2) is 19.6. The first-order chi connectivity index (χ1) is 14.9. The van der Waals surface area contributed by atoms with E-state index >= 15 is 0 Å². The quantitative estimate of drug-likeness (QED) is 0.0963. The first-order valence-corrected chi connectivity index (χ1v) is 9.80. The lowest BCUT2D eigenvalue weighted by molar-refractivity contribution is -0.151. The van der Waals surface area contributed by atoms with Crippen LogP contribution in [0.3, 0.4) is 0 Å². The molecule has 0 rings (SSSR count). The summed E-state index contributed by atoms with van der Waals surface area (Å²) in [6.07, 6.45) is 1.23. The number of rotatable bonds is 20. The normalized spacial score (nSPS) is 11.5. The Labute approximate surface area is 180 Å². The maximum Gasteiger partial charge on any atom is 0.329 e. The Morgan fingerprint density at radius 2 is 1.39 bits per heavy atom. The van der Waals surface area contributed by atoms with Crippen molar-refractivity contribution in [1.82, 2.24) is 10.6 Å². The van der Waals surface area contributed by atoms with Crippen molar-refractivity contribution < 1.29 is 53.4 Å². The van der Waals surface area contributed by atoms with Crippen LogP contribution in [0.5, 0.6) is 0 Å². The summed E-state index contributed by atoms with van der Waals surface area (Å²) in [5.41, 5.74) is 0. The molecule has 1 atom stereocenters. The van der Waals surface area contributed by atoms with Crippen LogP contribution in [0.4, 0.5) is 0 Å². The SMILES string of the molecule is O=C(O)COCCOC(=O)C(CCCCNC(=O)COCCO)NC(=O)COCCO. The predicted octanol–water partition coefficient (Wildman–Crippen LogP) is -2.58. The Morgan fingerprint density at radius 1 is 0.774 bits per heavy atom. The molecule has 0 aromatic carbocycles. The molecule has 0 fully saturated rings. The number of ether oxygens (including phenoxy) is 4. The Morgan fingerprint density at radius 3 is 2.00 bits per heavy atom. The minimum absolute atomic E-state index is 0.0227. The van der Waals surface area contributed by atoms with Crippen LogP contribution in [0.25, 0.3) is 0 Å². The molecular weight excluding hydrogens is 420 g/mol. The molecule has 0 bridgehead atoms. The number of carboxylic acids is 1. The van der Waals surface area contributed by atoms with Gasteiger partial charge in [0.1, 0.15) is 32.5 Å². The van der Waals surface area contributed by atoms with Crippen LogP contribution in [0.1, 0.15) is 19.3 Å². The molecule has 0 saturated heterocycles. The summed E-state index contributed by atoms with van der Waals surface area (Å²) in [6.45, 7) is -1.34. The van der Waals surface area contributed by atoms with E-state index in [1.807, 2.05) is 0 Å². The third-order valence-corrected chi connectivity index (χ3v) is 3.50. The number of carbonyl (C=O) groups excluding carboxylic acids is 3. The molecule has 5 N–H and O–H groups in total. The minimum Gasteiger partial charge on any atom is -0.480 e. The fourth-order valence-electron chi connectivity index (χ4n) is 2.16. The highest BCUT2D eigenvalue weighted by Gasteiger charge is 2.22. The van der Waals surface area contributed by atoms with Crippen LogP contribution in [-0.4, -0.2) is 111 Å². The number of aliphatic carboxylic acids is 1. The molecule has 0 spiro atoms. The highest BCUT2D eigenvalue weighted by Crippen LogP contribution is 2.04. The highest BCUT2D eigenvalue weighted by atomic mass is 16.6. The molecule has 0 aliphatic carbocycles. The van der Waals surface area contributed by atoms with Gasteiger partial charge in [0.2, 0.25) is 11.8 Å². The lowest BCUT2D eigenvalue weighted by atomic mass is 10.1. The molecule has 0 radical (unpaired) electrons. The molecule has 2 amide bonds. The molecule has 1 unspecified atom stereocenters. The molecule has 0 aliphatic heterocycles. The van der Waals surface area contributed by atoms with Crippen LogP contribution in [-0.2, 0) is 38.1 Å². The van der Waals surface area contributed by atoms with Crippen molar-refractivity contribution >= 4 is 23.8 Å². The van der Waals surface area contributed by atoms with Gasteiger partial charge in [0.25, 0.3) is 0 Å². The standard InChI is InChI=1S/C18H32N2O11/c21-5-7-28-11-15(23)19-4-2-1-3-14(20-16(24)12-29-8-6-22)18(27)31-10-9-30-13-17(25)26/h14,21-22H,1-13H2,(H,19,23)(H,20,24)(H,25,26). The van der Waals surface area contributed by atoms with Crippen molar-refractivity contribution in [2.45, 2.75) is 25.3 Å². The zero-order valence-corrected chi connectivity index (χ0v) is 17.4. The van der Waals surface area contributed by atoms with Crippen molar-refractivity contribution in [3.05, 3.63) is 0 Å². The lowest BCUT2D eigenvalue weighted by Gasteiger charge is -2.18. The Bertz CT molecular complexity index is 531. The number of esters is 1. The molecular formula is C18H32N2O11. The largest absolute Gasteiger partial charge is 0.480 e. The second-order valence-electron chi connectivity index (χ2n) is 6.13. The van der Waals surface area contributed by atoms with Crippen LogP contribution >= 0.6 is 0 Å². The van der Waals surface area contributed by atoms with Crippen molar-refractivity contribution in [1.29, 1.82) is 0 Å². The fourth-order valence-corrected chi connectivity index (χ4v) is 2.16. The average Bonchev–Trinajstić information content (AvgIpc) is 2.72.